The van der Waals surface area contributed by atoms with Gasteiger partial charge >= 0.3 is 0 Å². The molecular weight excluding hydrogens is 526 g/mol. The molecule has 7 heteroatoms. The highest BCUT2D eigenvalue weighted by Crippen LogP contribution is 2.51. The lowest BCUT2D eigenvalue weighted by Gasteiger charge is -2.51. The molecule has 0 aromatic heterocycles. The molecule has 1 fully saturated rings. The molecule has 2 aliphatic heterocycles. The van der Waals surface area contributed by atoms with E-state index in [4.69, 9.17) is 15.2 Å². The lowest BCUT2D eigenvalue weighted by atomic mass is 9.64. The maximum Gasteiger partial charge on any atom is 0.249 e. The number of carbonyl (C=O) groups excluding carboxylic acids is 2. The molecule has 222 valence electrons. The summed E-state index contributed by atoms with van der Waals surface area (Å²) in [6, 6.07) is 18.5. The van der Waals surface area contributed by atoms with Crippen molar-refractivity contribution in [3.8, 4) is 16.9 Å². The topological polar surface area (TPSA) is 85.1 Å². The monoisotopic (exact) mass is 569 g/mol. The average Bonchev–Trinajstić information content (AvgIpc) is 2.93. The Kier molecular flexibility index (Phi) is 8.19. The molecule has 0 saturated carbocycles. The molecule has 3 aromatic rings. The smallest absolute Gasteiger partial charge is 0.249 e. The minimum absolute atomic E-state index is 0.00408. The fourth-order valence-corrected chi connectivity index (χ4v) is 7.13. The number of anilines is 1. The second-order valence-corrected chi connectivity index (χ2v) is 12.6. The van der Waals surface area contributed by atoms with Crippen LogP contribution in [-0.4, -0.2) is 61.7 Å². The van der Waals surface area contributed by atoms with Crippen LogP contribution in [0.3, 0.4) is 0 Å². The average molecular weight is 570 g/mol. The van der Waals surface area contributed by atoms with E-state index < -0.39 is 16.9 Å². The van der Waals surface area contributed by atoms with E-state index in [1.54, 1.807) is 6.92 Å². The summed E-state index contributed by atoms with van der Waals surface area (Å²) in [5.41, 5.74) is 12.3. The number of hydrogen-bond acceptors (Lipinski definition) is 5. The summed E-state index contributed by atoms with van der Waals surface area (Å²) in [5, 5.41) is 0. The van der Waals surface area contributed by atoms with E-state index in [0.29, 0.717) is 12.2 Å². The van der Waals surface area contributed by atoms with E-state index in [1.807, 2.05) is 49.1 Å². The van der Waals surface area contributed by atoms with E-state index in [9.17, 15) is 9.59 Å². The Morgan fingerprint density at radius 3 is 2.31 bits per heavy atom. The standard InChI is InChI=1S/C35H43N3O4/c1-23-19-24(2)32(29(20-23)33(36)40)26-7-12-31-30(21-26)35(6,22-34(4,5)38(31)25(3)39)27-8-10-28(11-9-27)42-18-15-37-13-16-41-17-14-37/h7-12,19-21H,13-18,22H2,1-6H3,(H2,36,40). The number of morpholine rings is 1. The molecule has 7 nitrogen and oxygen atoms in total. The first kappa shape index (κ1) is 29.8. The van der Waals surface area contributed by atoms with Crippen molar-refractivity contribution >= 4 is 17.5 Å². The number of amides is 2. The molecule has 0 radical (unpaired) electrons. The Bertz CT molecular complexity index is 1490. The van der Waals surface area contributed by atoms with Gasteiger partial charge in [-0.05, 0) is 92.3 Å². The van der Waals surface area contributed by atoms with Gasteiger partial charge in [-0.2, -0.15) is 0 Å². The fraction of sp³-hybridized carbons (Fsp3) is 0.429. The third-order valence-corrected chi connectivity index (χ3v) is 8.84. The molecule has 2 aliphatic rings. The van der Waals surface area contributed by atoms with Gasteiger partial charge in [0.1, 0.15) is 12.4 Å². The predicted octanol–water partition coefficient (Wildman–Crippen LogP) is 5.62. The second kappa shape index (κ2) is 11.5. The number of hydrogen-bond donors (Lipinski definition) is 1. The van der Waals surface area contributed by atoms with Crippen molar-refractivity contribution in [1.29, 1.82) is 0 Å². The van der Waals surface area contributed by atoms with Crippen molar-refractivity contribution in [1.82, 2.24) is 4.90 Å². The van der Waals surface area contributed by atoms with E-state index in [1.165, 1.54) is 0 Å². The summed E-state index contributed by atoms with van der Waals surface area (Å²) in [7, 11) is 0. The van der Waals surface area contributed by atoms with Crippen molar-refractivity contribution in [2.45, 2.75) is 58.9 Å². The quantitative estimate of drug-likeness (QED) is 0.399. The van der Waals surface area contributed by atoms with Gasteiger partial charge in [-0.25, -0.2) is 0 Å². The van der Waals surface area contributed by atoms with Crippen LogP contribution in [0, 0.1) is 13.8 Å². The molecular formula is C35H43N3O4. The third-order valence-electron chi connectivity index (χ3n) is 8.84. The zero-order chi connectivity index (χ0) is 30.2. The molecule has 2 amide bonds. The Labute approximate surface area is 249 Å². The van der Waals surface area contributed by atoms with Crippen LogP contribution in [0.1, 0.15) is 66.7 Å². The number of carbonyl (C=O) groups is 2. The molecule has 2 heterocycles. The summed E-state index contributed by atoms with van der Waals surface area (Å²) >= 11 is 0. The zero-order valence-corrected chi connectivity index (χ0v) is 25.8. The molecule has 42 heavy (non-hydrogen) atoms. The molecule has 5 rings (SSSR count). The molecule has 2 N–H and O–H groups in total. The van der Waals surface area contributed by atoms with Gasteiger partial charge < -0.3 is 20.1 Å². The van der Waals surface area contributed by atoms with Gasteiger partial charge in [0.05, 0.1) is 13.2 Å². The van der Waals surface area contributed by atoms with Gasteiger partial charge in [-0.3, -0.25) is 14.5 Å². The first-order chi connectivity index (χ1) is 19.9. The van der Waals surface area contributed by atoms with E-state index in [-0.39, 0.29) is 5.91 Å². The minimum atomic E-state index is -0.451. The SMILES string of the molecule is CC(=O)N1c2ccc(-c3c(C)cc(C)cc3C(N)=O)cc2C(C)(c2ccc(OCCN3CCOCC3)cc2)CC1(C)C. The summed E-state index contributed by atoms with van der Waals surface area (Å²) in [5.74, 6) is 0.392. The third kappa shape index (κ3) is 5.68. The van der Waals surface area contributed by atoms with Crippen molar-refractivity contribution < 1.29 is 19.1 Å². The van der Waals surface area contributed by atoms with E-state index in [2.05, 4.69) is 49.9 Å². The summed E-state index contributed by atoms with van der Waals surface area (Å²) in [6.07, 6.45) is 0.725. The molecule has 0 aliphatic carbocycles. The number of aryl methyl sites for hydroxylation is 2. The number of ether oxygens (including phenoxy) is 2. The molecule has 0 spiro atoms. The van der Waals surface area contributed by atoms with Crippen LogP contribution < -0.4 is 15.4 Å². The van der Waals surface area contributed by atoms with Crippen molar-refractivity contribution in [3.63, 3.8) is 0 Å². The zero-order valence-electron chi connectivity index (χ0n) is 25.8. The minimum Gasteiger partial charge on any atom is -0.492 e. The lowest BCUT2D eigenvalue weighted by molar-refractivity contribution is -0.117. The Morgan fingerprint density at radius 1 is 0.976 bits per heavy atom. The molecule has 1 saturated heterocycles. The first-order valence-electron chi connectivity index (χ1n) is 14.8. The van der Waals surface area contributed by atoms with Crippen molar-refractivity contribution in [3.05, 3.63) is 82.4 Å². The van der Waals surface area contributed by atoms with Gasteiger partial charge in [0.25, 0.3) is 0 Å². The Hall–Kier alpha value is -3.68. The molecule has 1 atom stereocenters. The first-order valence-corrected chi connectivity index (χ1v) is 14.8. The van der Waals surface area contributed by atoms with Crippen molar-refractivity contribution in [2.75, 3.05) is 44.4 Å². The predicted molar refractivity (Wildman–Crippen MR) is 167 cm³/mol. The lowest BCUT2D eigenvalue weighted by Crippen LogP contribution is -2.55. The van der Waals surface area contributed by atoms with Gasteiger partial charge in [0, 0.05) is 48.8 Å². The highest BCUT2D eigenvalue weighted by atomic mass is 16.5. The molecule has 3 aromatic carbocycles. The maximum atomic E-state index is 13.0. The van der Waals surface area contributed by atoms with Crippen LogP contribution in [0.4, 0.5) is 5.69 Å². The van der Waals surface area contributed by atoms with Crippen molar-refractivity contribution in [2.24, 2.45) is 5.73 Å². The van der Waals surface area contributed by atoms with Crippen LogP contribution in [0.5, 0.6) is 5.75 Å². The normalized spacial score (nSPS) is 20.2. The number of rotatable bonds is 7. The largest absolute Gasteiger partial charge is 0.492 e. The van der Waals surface area contributed by atoms with Crippen LogP contribution in [0.2, 0.25) is 0 Å². The van der Waals surface area contributed by atoms with E-state index in [0.717, 1.165) is 84.1 Å². The Morgan fingerprint density at radius 2 is 1.67 bits per heavy atom. The van der Waals surface area contributed by atoms with Crippen LogP contribution in [0.15, 0.2) is 54.6 Å². The maximum absolute atomic E-state index is 13.0. The second-order valence-electron chi connectivity index (χ2n) is 12.6. The summed E-state index contributed by atoms with van der Waals surface area (Å²) in [6.45, 7) is 17.1. The number of benzene rings is 3. The summed E-state index contributed by atoms with van der Waals surface area (Å²) < 4.78 is 11.5. The Balaban J connectivity index is 1.54. The molecule has 0 bridgehead atoms. The summed E-state index contributed by atoms with van der Waals surface area (Å²) in [4.78, 5) is 29.8. The number of nitrogens with zero attached hydrogens (tertiary/aromatic N) is 2. The highest BCUT2D eigenvalue weighted by molar-refractivity contribution is 6.02. The van der Waals surface area contributed by atoms with E-state index >= 15 is 0 Å². The van der Waals surface area contributed by atoms with Crippen LogP contribution in [-0.2, 0) is 14.9 Å². The number of fused-ring (bicyclic) bond motifs is 1. The number of primary amides is 1. The van der Waals surface area contributed by atoms with Gasteiger partial charge in [0.2, 0.25) is 11.8 Å². The molecule has 1 unspecified atom stereocenters. The van der Waals surface area contributed by atoms with Crippen LogP contribution >= 0.6 is 0 Å². The van der Waals surface area contributed by atoms with Gasteiger partial charge in [0.15, 0.2) is 0 Å². The van der Waals surface area contributed by atoms with Crippen LogP contribution in [0.25, 0.3) is 11.1 Å². The fourth-order valence-electron chi connectivity index (χ4n) is 7.13. The highest BCUT2D eigenvalue weighted by Gasteiger charge is 2.47. The number of nitrogens with two attached hydrogens (primary N) is 1. The van der Waals surface area contributed by atoms with Gasteiger partial charge in [-0.15, -0.1) is 0 Å². The van der Waals surface area contributed by atoms with Gasteiger partial charge in [-0.1, -0.05) is 36.8 Å².